The monoisotopic (exact) mass is 521 g/mol. The number of anilines is 1. The van der Waals surface area contributed by atoms with Gasteiger partial charge in [0.05, 0.1) is 25.3 Å². The molecule has 0 aliphatic carbocycles. The van der Waals surface area contributed by atoms with E-state index in [9.17, 15) is 24.9 Å². The van der Waals surface area contributed by atoms with Crippen molar-refractivity contribution in [2.45, 2.75) is 18.6 Å². The average molecular weight is 522 g/mol. The minimum atomic E-state index is -1.25. The maximum atomic E-state index is 12.7. The molecule has 0 aliphatic heterocycles. The Morgan fingerprint density at radius 1 is 1.05 bits per heavy atom. The van der Waals surface area contributed by atoms with Crippen LogP contribution in [-0.2, 0) is 13.5 Å². The molecule has 0 spiro atoms. The van der Waals surface area contributed by atoms with Crippen molar-refractivity contribution in [3.05, 3.63) is 101 Å². The Bertz CT molecular complexity index is 1400. The molecule has 2 amide bonds. The number of aliphatic hydroxyl groups excluding tert-OH is 2. The van der Waals surface area contributed by atoms with E-state index in [0.29, 0.717) is 21.8 Å². The highest BCUT2D eigenvalue weighted by molar-refractivity contribution is 6.30. The van der Waals surface area contributed by atoms with E-state index in [1.165, 1.54) is 0 Å². The lowest BCUT2D eigenvalue weighted by Crippen LogP contribution is -2.45. The summed E-state index contributed by atoms with van der Waals surface area (Å²) in [6.07, 6.45) is -0.186. The molecule has 4 aromatic rings. The molecule has 0 aliphatic rings. The second kappa shape index (κ2) is 11.5. The molecule has 0 unspecified atom stereocenters. The highest BCUT2D eigenvalue weighted by atomic mass is 35.5. The molecular weight excluding hydrogens is 494 g/mol. The van der Waals surface area contributed by atoms with E-state index in [2.05, 4.69) is 5.32 Å². The normalized spacial score (nSPS) is 12.8. The van der Waals surface area contributed by atoms with Crippen LogP contribution in [-0.4, -0.2) is 56.0 Å². The highest BCUT2D eigenvalue weighted by Crippen LogP contribution is 2.22. The summed E-state index contributed by atoms with van der Waals surface area (Å²) in [6.45, 7) is -0.643. The van der Waals surface area contributed by atoms with Crippen molar-refractivity contribution in [2.75, 3.05) is 18.5 Å². The van der Waals surface area contributed by atoms with Gasteiger partial charge < -0.3 is 25.2 Å². The lowest BCUT2D eigenvalue weighted by Gasteiger charge is -2.30. The number of amides is 2. The number of carbonyl (C=O) groups excluding carboxylic acids is 1. The molecule has 37 heavy (non-hydrogen) atoms. The summed E-state index contributed by atoms with van der Waals surface area (Å²) in [6, 6.07) is 20.3. The summed E-state index contributed by atoms with van der Waals surface area (Å²) < 4.78 is 1.98. The van der Waals surface area contributed by atoms with Crippen molar-refractivity contribution in [1.29, 1.82) is 0 Å². The first-order chi connectivity index (χ1) is 17.7. The van der Waals surface area contributed by atoms with Crippen molar-refractivity contribution in [3.63, 3.8) is 0 Å². The van der Waals surface area contributed by atoms with Gasteiger partial charge in [-0.05, 0) is 66.1 Å². The molecule has 0 fully saturated rings. The maximum absolute atomic E-state index is 12.7. The number of hydrogen-bond donors (Lipinski definition) is 4. The van der Waals surface area contributed by atoms with E-state index in [1.54, 1.807) is 54.6 Å². The minimum Gasteiger partial charge on any atom is -0.465 e. The molecule has 1 heterocycles. The molecule has 2 atom stereocenters. The van der Waals surface area contributed by atoms with E-state index in [-0.39, 0.29) is 18.9 Å². The second-order valence-corrected chi connectivity index (χ2v) is 9.33. The molecule has 0 saturated heterocycles. The predicted molar refractivity (Wildman–Crippen MR) is 143 cm³/mol. The van der Waals surface area contributed by atoms with Crippen molar-refractivity contribution < 1.29 is 24.9 Å². The Balaban J connectivity index is 1.41. The summed E-state index contributed by atoms with van der Waals surface area (Å²) in [5.41, 5.74) is 3.43. The molecular formula is C28H28ClN3O5. The molecule has 0 radical (unpaired) electrons. The van der Waals surface area contributed by atoms with Gasteiger partial charge in [0.1, 0.15) is 0 Å². The van der Waals surface area contributed by atoms with Crippen molar-refractivity contribution >= 4 is 40.2 Å². The van der Waals surface area contributed by atoms with E-state index >= 15 is 0 Å². The summed E-state index contributed by atoms with van der Waals surface area (Å²) in [5, 5.41) is 34.5. The zero-order valence-electron chi connectivity index (χ0n) is 20.2. The summed E-state index contributed by atoms with van der Waals surface area (Å²) in [7, 11) is 1.95. The van der Waals surface area contributed by atoms with Crippen LogP contribution in [0.3, 0.4) is 0 Å². The summed E-state index contributed by atoms with van der Waals surface area (Å²) in [5.74, 6) is -0.237. The smallest absolute Gasteiger partial charge is 0.407 e. The number of halogens is 1. The average Bonchev–Trinajstić information content (AvgIpc) is 3.26. The third-order valence-electron chi connectivity index (χ3n) is 6.33. The Labute approximate surface area is 219 Å². The van der Waals surface area contributed by atoms with Gasteiger partial charge in [0.15, 0.2) is 0 Å². The molecule has 8 nitrogen and oxygen atoms in total. The van der Waals surface area contributed by atoms with Gasteiger partial charge in [-0.1, -0.05) is 35.9 Å². The fraction of sp³-hybridized carbons (Fsp3) is 0.214. The van der Waals surface area contributed by atoms with Crippen LogP contribution in [0, 0.1) is 0 Å². The predicted octanol–water partition coefficient (Wildman–Crippen LogP) is 4.70. The van der Waals surface area contributed by atoms with Gasteiger partial charge >= 0.3 is 6.09 Å². The first-order valence-corrected chi connectivity index (χ1v) is 12.1. The van der Waals surface area contributed by atoms with Crippen molar-refractivity contribution in [1.82, 2.24) is 9.47 Å². The van der Waals surface area contributed by atoms with Crippen molar-refractivity contribution in [2.24, 2.45) is 7.05 Å². The molecule has 192 valence electrons. The van der Waals surface area contributed by atoms with Gasteiger partial charge in [0, 0.05) is 40.4 Å². The number of benzene rings is 3. The molecule has 0 saturated carbocycles. The Morgan fingerprint density at radius 2 is 1.81 bits per heavy atom. The molecule has 4 N–H and O–H groups in total. The van der Waals surface area contributed by atoms with Crippen LogP contribution in [0.2, 0.25) is 5.02 Å². The molecule has 9 heteroatoms. The van der Waals surface area contributed by atoms with Gasteiger partial charge in [-0.3, -0.25) is 9.69 Å². The van der Waals surface area contributed by atoms with Gasteiger partial charge in [0.2, 0.25) is 0 Å². The van der Waals surface area contributed by atoms with E-state index < -0.39 is 24.8 Å². The number of carboxylic acid groups (broad SMARTS) is 1. The van der Waals surface area contributed by atoms with Gasteiger partial charge in [0.25, 0.3) is 5.91 Å². The summed E-state index contributed by atoms with van der Waals surface area (Å²) >= 11 is 5.98. The molecule has 0 bridgehead atoms. The summed E-state index contributed by atoms with van der Waals surface area (Å²) in [4.78, 5) is 25.7. The van der Waals surface area contributed by atoms with Crippen LogP contribution in [0.5, 0.6) is 0 Å². The van der Waals surface area contributed by atoms with Gasteiger partial charge in [-0.25, -0.2) is 4.79 Å². The van der Waals surface area contributed by atoms with Crippen LogP contribution in [0.4, 0.5) is 10.5 Å². The first-order valence-electron chi connectivity index (χ1n) is 11.7. The number of carbonyl (C=O) groups is 2. The fourth-order valence-electron chi connectivity index (χ4n) is 4.28. The SMILES string of the molecule is Cn1ccc2cc(C(=O)Nc3ccc(C[C@@H](CO)N(C[C@@H](O)c4cccc(Cl)c4)C(=O)O)cc3)ccc21. The lowest BCUT2D eigenvalue weighted by atomic mass is 10.0. The molecule has 4 rings (SSSR count). The minimum absolute atomic E-state index is 0.221. The van der Waals surface area contributed by atoms with Crippen LogP contribution in [0.15, 0.2) is 79.0 Å². The number of aliphatic hydroxyl groups is 2. The van der Waals surface area contributed by atoms with Crippen LogP contribution in [0.1, 0.15) is 27.6 Å². The van der Waals surface area contributed by atoms with Gasteiger partial charge in [-0.2, -0.15) is 0 Å². The topological polar surface area (TPSA) is 115 Å². The third-order valence-corrected chi connectivity index (χ3v) is 6.57. The Morgan fingerprint density at radius 3 is 2.49 bits per heavy atom. The third kappa shape index (κ3) is 6.29. The first kappa shape index (κ1) is 26.2. The number of hydrogen-bond acceptors (Lipinski definition) is 4. The number of aryl methyl sites for hydroxylation is 1. The number of nitrogens with zero attached hydrogens (tertiary/aromatic N) is 2. The number of fused-ring (bicyclic) bond motifs is 1. The Hall–Kier alpha value is -3.85. The largest absolute Gasteiger partial charge is 0.465 e. The zero-order chi connectivity index (χ0) is 26.5. The lowest BCUT2D eigenvalue weighted by molar-refractivity contribution is 0.0582. The van der Waals surface area contributed by atoms with Crippen LogP contribution < -0.4 is 5.32 Å². The fourth-order valence-corrected chi connectivity index (χ4v) is 4.48. The quantitative estimate of drug-likeness (QED) is 0.255. The van der Waals surface area contributed by atoms with Crippen LogP contribution in [0.25, 0.3) is 10.9 Å². The molecule has 3 aromatic carbocycles. The standard InChI is InChI=1S/C28H28ClN3O5/c1-31-12-11-19-14-21(7-10-25(19)31)27(35)30-23-8-5-18(6-9-23)13-24(17-33)32(28(36)37)16-26(34)20-3-2-4-22(29)15-20/h2-12,14-15,24,26,33-34H,13,16-17H2,1H3,(H,30,35)(H,36,37)/t24-,26+/m0/s1. The zero-order valence-corrected chi connectivity index (χ0v) is 21.0. The number of rotatable bonds is 9. The van der Waals surface area contributed by atoms with Crippen LogP contribution >= 0.6 is 11.6 Å². The molecule has 1 aromatic heterocycles. The Kier molecular flexibility index (Phi) is 8.13. The number of nitrogens with one attached hydrogen (secondary N) is 1. The maximum Gasteiger partial charge on any atom is 0.407 e. The van der Waals surface area contributed by atoms with E-state index in [0.717, 1.165) is 21.4 Å². The van der Waals surface area contributed by atoms with E-state index in [1.807, 2.05) is 36.0 Å². The number of aromatic nitrogens is 1. The van der Waals surface area contributed by atoms with Crippen molar-refractivity contribution in [3.8, 4) is 0 Å². The second-order valence-electron chi connectivity index (χ2n) is 8.90. The highest BCUT2D eigenvalue weighted by Gasteiger charge is 2.26. The van der Waals surface area contributed by atoms with E-state index in [4.69, 9.17) is 11.6 Å². The van der Waals surface area contributed by atoms with Gasteiger partial charge in [-0.15, -0.1) is 0 Å².